The van der Waals surface area contributed by atoms with Crippen molar-refractivity contribution in [3.05, 3.63) is 42.0 Å². The third-order valence-corrected chi connectivity index (χ3v) is 5.81. The van der Waals surface area contributed by atoms with E-state index in [0.29, 0.717) is 22.9 Å². The molecule has 25 heavy (non-hydrogen) atoms. The van der Waals surface area contributed by atoms with Gasteiger partial charge in [0.25, 0.3) is 0 Å². The third-order valence-electron chi connectivity index (χ3n) is 3.71. The maximum Gasteiger partial charge on any atom is 0.184 e. The quantitative estimate of drug-likeness (QED) is 0.709. The first kappa shape index (κ1) is 17.5. The number of fused-ring (bicyclic) bond motifs is 1. The van der Waals surface area contributed by atoms with Crippen molar-refractivity contribution in [1.29, 1.82) is 0 Å². The van der Waals surface area contributed by atoms with Crippen LogP contribution in [0.15, 0.2) is 41.3 Å². The molecule has 0 spiro atoms. The van der Waals surface area contributed by atoms with Crippen molar-refractivity contribution < 1.29 is 17.9 Å². The van der Waals surface area contributed by atoms with E-state index >= 15 is 0 Å². The van der Waals surface area contributed by atoms with Gasteiger partial charge in [-0.3, -0.25) is 0 Å². The van der Waals surface area contributed by atoms with E-state index in [0.717, 1.165) is 16.0 Å². The maximum absolute atomic E-state index is 11.9. The van der Waals surface area contributed by atoms with Crippen molar-refractivity contribution >= 4 is 36.5 Å². The lowest BCUT2D eigenvalue weighted by molar-refractivity contribution is 0.391. The summed E-state index contributed by atoms with van der Waals surface area (Å²) in [5, 5.41) is 3.89. The van der Waals surface area contributed by atoms with Crippen LogP contribution in [0.5, 0.6) is 11.5 Å². The number of nitrogens with one attached hydrogen (secondary N) is 1. The third kappa shape index (κ3) is 3.69. The van der Waals surface area contributed by atoms with Crippen molar-refractivity contribution in [2.45, 2.75) is 11.4 Å². The molecule has 1 aromatic heterocycles. The van der Waals surface area contributed by atoms with E-state index in [9.17, 15) is 8.42 Å². The predicted octanol–water partition coefficient (Wildman–Crippen LogP) is 3.33. The van der Waals surface area contributed by atoms with Crippen molar-refractivity contribution in [2.75, 3.05) is 25.8 Å². The topological polar surface area (TPSA) is 77.5 Å². The van der Waals surface area contributed by atoms with Gasteiger partial charge in [0.05, 0.1) is 23.8 Å². The number of anilines is 1. The molecule has 0 radical (unpaired) electrons. The van der Waals surface area contributed by atoms with E-state index < -0.39 is 9.84 Å². The molecule has 0 fully saturated rings. The molecular weight excluding hydrogens is 360 g/mol. The molecule has 0 unspecified atom stereocenters. The lowest BCUT2D eigenvalue weighted by Gasteiger charge is -2.10. The maximum atomic E-state index is 11.9. The van der Waals surface area contributed by atoms with Gasteiger partial charge in [0.1, 0.15) is 17.0 Å². The summed E-state index contributed by atoms with van der Waals surface area (Å²) in [6.45, 7) is 0.501. The molecule has 2 aromatic carbocycles. The number of hydrogen-bond acceptors (Lipinski definition) is 7. The average molecular weight is 378 g/mol. The van der Waals surface area contributed by atoms with Crippen LogP contribution in [0.1, 0.15) is 5.56 Å². The highest BCUT2D eigenvalue weighted by molar-refractivity contribution is 7.91. The SMILES string of the molecule is COc1ccc(CNc2nc3c(S(C)(=O)=O)cccc3s2)c(OC)c1. The number of thiazole rings is 1. The van der Waals surface area contributed by atoms with E-state index in [1.807, 2.05) is 24.3 Å². The summed E-state index contributed by atoms with van der Waals surface area (Å²) in [6.07, 6.45) is 1.19. The molecule has 0 saturated heterocycles. The first-order chi connectivity index (χ1) is 11.9. The van der Waals surface area contributed by atoms with Gasteiger partial charge < -0.3 is 14.8 Å². The molecule has 3 aromatic rings. The Labute approximate surface area is 150 Å². The molecule has 1 heterocycles. The molecule has 0 bridgehead atoms. The molecule has 8 heteroatoms. The lowest BCUT2D eigenvalue weighted by Crippen LogP contribution is -2.02. The largest absolute Gasteiger partial charge is 0.497 e. The van der Waals surface area contributed by atoms with Crippen LogP contribution in [-0.4, -0.2) is 33.9 Å². The summed E-state index contributed by atoms with van der Waals surface area (Å²) >= 11 is 1.42. The number of aromatic nitrogens is 1. The monoisotopic (exact) mass is 378 g/mol. The Kier molecular flexibility index (Phi) is 4.82. The molecule has 0 saturated carbocycles. The minimum Gasteiger partial charge on any atom is -0.497 e. The van der Waals surface area contributed by atoms with Gasteiger partial charge in [-0.15, -0.1) is 0 Å². The van der Waals surface area contributed by atoms with E-state index in [1.54, 1.807) is 26.4 Å². The van der Waals surface area contributed by atoms with Crippen molar-refractivity contribution in [3.63, 3.8) is 0 Å². The van der Waals surface area contributed by atoms with Gasteiger partial charge >= 0.3 is 0 Å². The fraction of sp³-hybridized carbons (Fsp3) is 0.235. The van der Waals surface area contributed by atoms with Crippen molar-refractivity contribution in [2.24, 2.45) is 0 Å². The van der Waals surface area contributed by atoms with Gasteiger partial charge in [-0.1, -0.05) is 17.4 Å². The van der Waals surface area contributed by atoms with Crippen LogP contribution in [0, 0.1) is 0 Å². The number of benzene rings is 2. The predicted molar refractivity (Wildman–Crippen MR) is 99.6 cm³/mol. The smallest absolute Gasteiger partial charge is 0.184 e. The Morgan fingerprint density at radius 3 is 2.64 bits per heavy atom. The molecule has 1 N–H and O–H groups in total. The Morgan fingerprint density at radius 1 is 1.16 bits per heavy atom. The summed E-state index contributed by atoms with van der Waals surface area (Å²) < 4.78 is 35.2. The highest BCUT2D eigenvalue weighted by Gasteiger charge is 2.15. The van der Waals surface area contributed by atoms with Crippen LogP contribution in [0.25, 0.3) is 10.2 Å². The lowest BCUT2D eigenvalue weighted by atomic mass is 10.2. The molecule has 0 aliphatic rings. The van der Waals surface area contributed by atoms with Gasteiger partial charge in [0, 0.05) is 24.4 Å². The van der Waals surface area contributed by atoms with E-state index in [-0.39, 0.29) is 4.90 Å². The standard InChI is InChI=1S/C17H18N2O4S2/c1-22-12-8-7-11(13(9-12)23-2)10-18-17-19-16-14(24-17)5-4-6-15(16)25(3,20)21/h4-9H,10H2,1-3H3,(H,18,19). The molecule has 0 aliphatic carbocycles. The molecular formula is C17H18N2O4S2. The normalized spacial score (nSPS) is 11.5. The minimum absolute atomic E-state index is 0.247. The molecule has 3 rings (SSSR count). The Hall–Kier alpha value is -2.32. The fourth-order valence-electron chi connectivity index (χ4n) is 2.47. The number of ether oxygens (including phenoxy) is 2. The number of rotatable bonds is 6. The number of nitrogens with zero attached hydrogens (tertiary/aromatic N) is 1. The zero-order valence-electron chi connectivity index (χ0n) is 14.1. The van der Waals surface area contributed by atoms with Gasteiger partial charge in [-0.2, -0.15) is 0 Å². The van der Waals surface area contributed by atoms with Crippen LogP contribution in [0.2, 0.25) is 0 Å². The van der Waals surface area contributed by atoms with Gasteiger partial charge in [-0.25, -0.2) is 13.4 Å². The van der Waals surface area contributed by atoms with Crippen LogP contribution in [0.3, 0.4) is 0 Å². The van der Waals surface area contributed by atoms with Gasteiger partial charge in [-0.05, 0) is 24.3 Å². The Balaban J connectivity index is 1.87. The summed E-state index contributed by atoms with van der Waals surface area (Å²) in [6, 6.07) is 10.8. The second-order valence-corrected chi connectivity index (χ2v) is 8.44. The highest BCUT2D eigenvalue weighted by Crippen LogP contribution is 2.31. The van der Waals surface area contributed by atoms with Crippen molar-refractivity contribution in [3.8, 4) is 11.5 Å². The fourth-order valence-corrected chi connectivity index (χ4v) is 4.25. The van der Waals surface area contributed by atoms with Crippen molar-refractivity contribution in [1.82, 2.24) is 4.98 Å². The highest BCUT2D eigenvalue weighted by atomic mass is 32.2. The first-order valence-electron chi connectivity index (χ1n) is 7.47. The van der Waals surface area contributed by atoms with Crippen LogP contribution >= 0.6 is 11.3 Å². The Bertz CT molecular complexity index is 1010. The first-order valence-corrected chi connectivity index (χ1v) is 10.2. The van der Waals surface area contributed by atoms with Crippen LogP contribution in [-0.2, 0) is 16.4 Å². The molecule has 0 amide bonds. The van der Waals surface area contributed by atoms with E-state index in [4.69, 9.17) is 9.47 Å². The summed E-state index contributed by atoms with van der Waals surface area (Å²) in [7, 11) is -0.109. The molecule has 0 aliphatic heterocycles. The molecule has 132 valence electrons. The number of para-hydroxylation sites is 1. The average Bonchev–Trinajstić information content (AvgIpc) is 3.01. The zero-order valence-corrected chi connectivity index (χ0v) is 15.7. The summed E-state index contributed by atoms with van der Waals surface area (Å²) in [4.78, 5) is 4.69. The molecule has 0 atom stereocenters. The second-order valence-electron chi connectivity index (χ2n) is 5.43. The Morgan fingerprint density at radius 2 is 1.96 bits per heavy atom. The second kappa shape index (κ2) is 6.89. The van der Waals surface area contributed by atoms with Gasteiger partial charge in [0.15, 0.2) is 15.0 Å². The number of sulfone groups is 1. The summed E-state index contributed by atoms with van der Waals surface area (Å²) in [5.74, 6) is 1.43. The number of methoxy groups -OCH3 is 2. The van der Waals surface area contributed by atoms with Gasteiger partial charge in [0.2, 0.25) is 0 Å². The van der Waals surface area contributed by atoms with E-state index in [1.165, 1.54) is 17.6 Å². The molecule has 6 nitrogen and oxygen atoms in total. The van der Waals surface area contributed by atoms with Crippen LogP contribution in [0.4, 0.5) is 5.13 Å². The minimum atomic E-state index is -3.32. The number of hydrogen-bond donors (Lipinski definition) is 1. The van der Waals surface area contributed by atoms with E-state index in [2.05, 4.69) is 10.3 Å². The summed E-state index contributed by atoms with van der Waals surface area (Å²) in [5.41, 5.74) is 1.45. The zero-order chi connectivity index (χ0) is 18.0. The van der Waals surface area contributed by atoms with Crippen LogP contribution < -0.4 is 14.8 Å².